The summed E-state index contributed by atoms with van der Waals surface area (Å²) in [6.45, 7) is 0. The molecule has 0 spiro atoms. The molecular formula is C5H8K2Na4O11. The molecule has 0 aliphatic rings. The van der Waals surface area contributed by atoms with Crippen LogP contribution >= 0.6 is 0 Å². The maximum absolute atomic E-state index is 10.4. The first kappa shape index (κ1) is 45.3. The van der Waals surface area contributed by atoms with E-state index in [1.54, 1.807) is 0 Å². The molecule has 0 rings (SSSR count). The Balaban J connectivity index is -0.0000000170. The summed E-state index contributed by atoms with van der Waals surface area (Å²) in [5.41, 5.74) is 0. The molecule has 0 unspecified atom stereocenters. The van der Waals surface area contributed by atoms with Gasteiger partial charge in [-0.1, -0.05) is 0 Å². The van der Waals surface area contributed by atoms with Gasteiger partial charge in [-0.05, 0) is 0 Å². The summed E-state index contributed by atoms with van der Waals surface area (Å²) in [5, 5.41) is 15.7. The number of carbonyl (C=O) groups is 5. The Morgan fingerprint density at radius 3 is 0.909 bits per heavy atom. The van der Waals surface area contributed by atoms with Crippen LogP contribution in [-0.2, 0) is 18.9 Å². The summed E-state index contributed by atoms with van der Waals surface area (Å²) in [4.78, 5) is 50.4. The van der Waals surface area contributed by atoms with Gasteiger partial charge in [0.1, 0.15) is 0 Å². The maximum atomic E-state index is 10.4. The van der Waals surface area contributed by atoms with Crippen LogP contribution in [0.1, 0.15) is 8.56 Å². The zero-order chi connectivity index (χ0) is 12.7. The normalized spacial score (nSPS) is 6.18. The van der Waals surface area contributed by atoms with Crippen LogP contribution in [0.5, 0.6) is 0 Å². The Hall–Kier alpha value is 4.42. The molecule has 0 aliphatic heterocycles. The monoisotopic (exact) mass is 414 g/mol. The minimum atomic E-state index is -2.06. The molecule has 0 amide bonds. The van der Waals surface area contributed by atoms with Crippen molar-refractivity contribution < 1.29 is 283 Å². The molecule has 2 N–H and O–H groups in total. The molecule has 0 heterocycles. The van der Waals surface area contributed by atoms with Crippen LogP contribution in [-0.4, -0.2) is 41.0 Å². The number of hydrogen-bond donors (Lipinski definition) is 2. The van der Waals surface area contributed by atoms with Crippen LogP contribution in [0.4, 0.5) is 24.0 Å². The molecule has 0 bridgehead atoms. The van der Waals surface area contributed by atoms with Crippen molar-refractivity contribution >= 4 is 30.8 Å². The number of hydrogen-bond acceptors (Lipinski definition) is 9. The van der Waals surface area contributed by atoms with Crippen molar-refractivity contribution in [1.82, 2.24) is 0 Å². The van der Waals surface area contributed by atoms with Crippen molar-refractivity contribution in [2.24, 2.45) is 0 Å². The van der Waals surface area contributed by atoms with Crippen molar-refractivity contribution in [3.05, 3.63) is 0 Å². The number of carboxylic acid groups (broad SMARTS) is 2. The van der Waals surface area contributed by atoms with Crippen molar-refractivity contribution in [3.63, 3.8) is 0 Å². The molecule has 22 heavy (non-hydrogen) atoms. The molecule has 100 valence electrons. The third-order valence-corrected chi connectivity index (χ3v) is 0.675. The molecule has 0 saturated carbocycles. The van der Waals surface area contributed by atoms with Gasteiger partial charge in [-0.25, -0.2) is 24.0 Å². The molecule has 0 radical (unpaired) electrons. The molecule has 0 aromatic rings. The van der Waals surface area contributed by atoms with Gasteiger partial charge in [0, 0.05) is 0 Å². The van der Waals surface area contributed by atoms with E-state index in [1.807, 2.05) is 0 Å². The first-order valence-electron chi connectivity index (χ1n) is 3.10. The molecule has 17 heteroatoms. The van der Waals surface area contributed by atoms with Crippen molar-refractivity contribution in [2.75, 3.05) is 0 Å². The van der Waals surface area contributed by atoms with Gasteiger partial charge in [0.2, 0.25) is 0 Å². The predicted molar refractivity (Wildman–Crippen MR) is 43.2 cm³/mol. The van der Waals surface area contributed by atoms with Crippen LogP contribution in [0.25, 0.3) is 0 Å². The predicted octanol–water partition coefficient (Wildman–Crippen LogP) is -16.5. The van der Waals surface area contributed by atoms with Crippen molar-refractivity contribution in [3.8, 4) is 0 Å². The Labute approximate surface area is 305 Å². The van der Waals surface area contributed by atoms with Crippen LogP contribution < -0.4 is 221 Å². The van der Waals surface area contributed by atoms with Gasteiger partial charge in [-0.3, -0.25) is 0 Å². The fourth-order valence-electron chi connectivity index (χ4n) is 0.341. The Kier molecular flexibility index (Phi) is 56.9. The number of ether oxygens (including phenoxy) is 4. The topological polar surface area (TPSA) is 163 Å². The SMILES string of the molecule is O=C(O)OC(=O)OC(=O)OC(=O)OC(=O)O.[H-].[H-].[H-].[H-].[H-].[H-].[K+].[K+].[Na+].[Na+].[Na+].[Na+]. The molecule has 0 aromatic carbocycles. The Bertz CT molecular complexity index is 353. The smallest absolute Gasteiger partial charge is 1.00 e. The molecule has 11 nitrogen and oxygen atoms in total. The second kappa shape index (κ2) is 27.6. The minimum Gasteiger partial charge on any atom is -1.00 e. The summed E-state index contributed by atoms with van der Waals surface area (Å²) in [7, 11) is 0. The van der Waals surface area contributed by atoms with Gasteiger partial charge in [0.05, 0.1) is 0 Å². The van der Waals surface area contributed by atoms with E-state index < -0.39 is 30.8 Å². The third kappa shape index (κ3) is 32.1. The first-order valence-corrected chi connectivity index (χ1v) is 3.10. The first-order chi connectivity index (χ1) is 7.31. The van der Waals surface area contributed by atoms with E-state index >= 15 is 0 Å². The molecule has 0 atom stereocenters. The van der Waals surface area contributed by atoms with Crippen LogP contribution in [0.3, 0.4) is 0 Å². The quantitative estimate of drug-likeness (QED) is 0.220. The fourth-order valence-corrected chi connectivity index (χ4v) is 0.341. The van der Waals surface area contributed by atoms with Crippen molar-refractivity contribution in [2.45, 2.75) is 0 Å². The Morgan fingerprint density at radius 2 is 0.727 bits per heavy atom. The average molecular weight is 414 g/mol. The number of rotatable bonds is 0. The van der Waals surface area contributed by atoms with Crippen LogP contribution in [0.15, 0.2) is 0 Å². The molecule has 0 fully saturated rings. The summed E-state index contributed by atoms with van der Waals surface area (Å²) in [6.07, 6.45) is -10.1. The van der Waals surface area contributed by atoms with Gasteiger partial charge in [-0.2, -0.15) is 0 Å². The zero-order valence-corrected chi connectivity index (χ0v) is 27.3. The zero-order valence-electron chi connectivity index (χ0n) is 19.1. The van der Waals surface area contributed by atoms with E-state index in [4.69, 9.17) is 10.2 Å². The second-order valence-electron chi connectivity index (χ2n) is 1.69. The summed E-state index contributed by atoms with van der Waals surface area (Å²) in [6, 6.07) is 0. The molecule has 0 saturated heterocycles. The van der Waals surface area contributed by atoms with Gasteiger partial charge < -0.3 is 37.7 Å². The molecule has 0 aromatic heterocycles. The average Bonchev–Trinajstić information content (AvgIpc) is 1.97. The van der Waals surface area contributed by atoms with E-state index in [2.05, 4.69) is 18.9 Å². The van der Waals surface area contributed by atoms with Gasteiger partial charge in [0.15, 0.2) is 0 Å². The maximum Gasteiger partial charge on any atom is 1.00 e. The van der Waals surface area contributed by atoms with Crippen LogP contribution in [0, 0.1) is 0 Å². The van der Waals surface area contributed by atoms with Crippen molar-refractivity contribution in [1.29, 1.82) is 0 Å². The van der Waals surface area contributed by atoms with Gasteiger partial charge in [-0.15, -0.1) is 0 Å². The van der Waals surface area contributed by atoms with E-state index in [0.717, 1.165) is 0 Å². The van der Waals surface area contributed by atoms with Gasteiger partial charge >= 0.3 is 252 Å². The standard InChI is InChI=1S/C5H2O11.2K.4Na.6H/c6-1(7)13-3(10)15-5(12)16-4(11)14-2(8)9;;;;;;;;;;;;/h(H,6,7)(H,8,9);;;;;;;;;;;;/q;6*+1;6*-1. The summed E-state index contributed by atoms with van der Waals surface area (Å²) >= 11 is 0. The largest absolute Gasteiger partial charge is 1.00 e. The third-order valence-electron chi connectivity index (χ3n) is 0.675. The van der Waals surface area contributed by atoms with E-state index in [1.165, 1.54) is 0 Å². The number of carbonyl (C=O) groups excluding carboxylic acids is 3. The van der Waals surface area contributed by atoms with E-state index in [9.17, 15) is 24.0 Å². The molecular weight excluding hydrogens is 406 g/mol. The second-order valence-corrected chi connectivity index (χ2v) is 1.69. The fraction of sp³-hybridized carbons (Fsp3) is 0. The Morgan fingerprint density at radius 1 is 0.545 bits per heavy atom. The summed E-state index contributed by atoms with van der Waals surface area (Å²) < 4.78 is 13.4. The molecule has 0 aliphatic carbocycles. The summed E-state index contributed by atoms with van der Waals surface area (Å²) in [5.74, 6) is 0. The minimum absolute atomic E-state index is 0. The van der Waals surface area contributed by atoms with Crippen LogP contribution in [0.2, 0.25) is 0 Å². The van der Waals surface area contributed by atoms with E-state index in [-0.39, 0.29) is 230 Å². The van der Waals surface area contributed by atoms with Gasteiger partial charge in [0.25, 0.3) is 0 Å². The van der Waals surface area contributed by atoms with E-state index in [0.29, 0.717) is 0 Å².